The third-order valence-corrected chi connectivity index (χ3v) is 4.16. The molecule has 0 spiro atoms. The summed E-state index contributed by atoms with van der Waals surface area (Å²) in [6.45, 7) is 2.69. The molecule has 0 radical (unpaired) electrons. The minimum atomic E-state index is 0.0160. The average molecular weight is 261 g/mol. The van der Waals surface area contributed by atoms with E-state index in [2.05, 4.69) is 11.9 Å². The van der Waals surface area contributed by atoms with Crippen molar-refractivity contribution in [3.63, 3.8) is 0 Å². The first kappa shape index (κ1) is 14.0. The van der Waals surface area contributed by atoms with Crippen molar-refractivity contribution < 1.29 is 4.79 Å². The molecule has 1 aliphatic rings. The first-order chi connectivity index (χ1) is 9.13. The quantitative estimate of drug-likeness (QED) is 0.907. The zero-order valence-electron chi connectivity index (χ0n) is 11.8. The first-order valence-electron chi connectivity index (χ1n) is 7.05. The van der Waals surface area contributed by atoms with E-state index in [0.717, 1.165) is 12.0 Å². The molecule has 2 unspecified atom stereocenters. The number of aromatic nitrogens is 1. The molecule has 1 amide bonds. The van der Waals surface area contributed by atoms with Gasteiger partial charge in [-0.1, -0.05) is 25.8 Å². The van der Waals surface area contributed by atoms with Crippen molar-refractivity contribution in [2.45, 2.75) is 45.2 Å². The zero-order valence-corrected chi connectivity index (χ0v) is 11.8. The van der Waals surface area contributed by atoms with E-state index in [4.69, 9.17) is 5.73 Å². The molecule has 1 aliphatic carbocycles. The summed E-state index contributed by atoms with van der Waals surface area (Å²) >= 11 is 0. The third-order valence-electron chi connectivity index (χ3n) is 4.16. The molecule has 1 aromatic heterocycles. The van der Waals surface area contributed by atoms with E-state index in [0.29, 0.717) is 24.2 Å². The lowest BCUT2D eigenvalue weighted by Crippen LogP contribution is -2.42. The topological polar surface area (TPSA) is 59.2 Å². The normalized spacial score (nSPS) is 23.1. The smallest absolute Gasteiger partial charge is 0.272 e. The first-order valence-corrected chi connectivity index (χ1v) is 7.05. The molecule has 0 aromatic carbocycles. The summed E-state index contributed by atoms with van der Waals surface area (Å²) in [5.74, 6) is 0.591. The van der Waals surface area contributed by atoms with Gasteiger partial charge in [-0.3, -0.25) is 9.78 Å². The Labute approximate surface area is 115 Å². The third kappa shape index (κ3) is 3.13. The predicted octanol–water partition coefficient (Wildman–Crippen LogP) is 2.19. The zero-order chi connectivity index (χ0) is 13.8. The molecular formula is C15H23N3O. The van der Waals surface area contributed by atoms with E-state index in [9.17, 15) is 4.79 Å². The van der Waals surface area contributed by atoms with Gasteiger partial charge in [0.2, 0.25) is 0 Å². The summed E-state index contributed by atoms with van der Waals surface area (Å²) in [5, 5.41) is 0. The van der Waals surface area contributed by atoms with Crippen molar-refractivity contribution >= 4 is 5.91 Å². The Hall–Kier alpha value is -1.42. The van der Waals surface area contributed by atoms with Gasteiger partial charge < -0.3 is 10.6 Å². The molecular weight excluding hydrogens is 238 g/mol. The highest BCUT2D eigenvalue weighted by Crippen LogP contribution is 2.28. The number of nitrogens with two attached hydrogens (primary N) is 1. The second kappa shape index (κ2) is 6.15. The van der Waals surface area contributed by atoms with Gasteiger partial charge in [0.25, 0.3) is 5.91 Å². The summed E-state index contributed by atoms with van der Waals surface area (Å²) in [7, 11) is 1.90. The fraction of sp³-hybridized carbons (Fsp3) is 0.600. The number of carbonyl (C=O) groups is 1. The largest absolute Gasteiger partial charge is 0.337 e. The SMILES string of the molecule is CC1CCCCC1N(C)C(=O)c1ccc(CN)cn1. The van der Waals surface area contributed by atoms with Crippen LogP contribution < -0.4 is 5.73 Å². The molecule has 19 heavy (non-hydrogen) atoms. The van der Waals surface area contributed by atoms with Gasteiger partial charge in [0.05, 0.1) is 0 Å². The van der Waals surface area contributed by atoms with E-state index >= 15 is 0 Å². The number of nitrogens with zero attached hydrogens (tertiary/aromatic N) is 2. The molecule has 1 aromatic rings. The number of hydrogen-bond donors (Lipinski definition) is 1. The van der Waals surface area contributed by atoms with Gasteiger partial charge >= 0.3 is 0 Å². The lowest BCUT2D eigenvalue weighted by atomic mass is 9.85. The van der Waals surface area contributed by atoms with Crippen LogP contribution in [0.1, 0.15) is 48.7 Å². The van der Waals surface area contributed by atoms with E-state index in [1.54, 1.807) is 12.3 Å². The number of pyridine rings is 1. The van der Waals surface area contributed by atoms with E-state index in [1.807, 2.05) is 18.0 Å². The fourth-order valence-electron chi connectivity index (χ4n) is 2.88. The van der Waals surface area contributed by atoms with Crippen LogP contribution in [0.2, 0.25) is 0 Å². The summed E-state index contributed by atoms with van der Waals surface area (Å²) < 4.78 is 0. The van der Waals surface area contributed by atoms with Crippen LogP contribution in [0.4, 0.5) is 0 Å². The maximum absolute atomic E-state index is 12.4. The number of hydrogen-bond acceptors (Lipinski definition) is 3. The summed E-state index contributed by atoms with van der Waals surface area (Å²) in [5.41, 5.74) is 7.00. The summed E-state index contributed by atoms with van der Waals surface area (Å²) in [6.07, 6.45) is 6.49. The number of rotatable bonds is 3. The Morgan fingerprint density at radius 3 is 2.74 bits per heavy atom. The molecule has 104 valence electrons. The van der Waals surface area contributed by atoms with Gasteiger partial charge in [0.15, 0.2) is 0 Å². The molecule has 4 nitrogen and oxygen atoms in total. The van der Waals surface area contributed by atoms with Gasteiger partial charge in [-0.15, -0.1) is 0 Å². The Morgan fingerprint density at radius 1 is 1.42 bits per heavy atom. The molecule has 2 N–H and O–H groups in total. The van der Waals surface area contributed by atoms with Crippen LogP contribution in [-0.4, -0.2) is 28.9 Å². The molecule has 1 fully saturated rings. The van der Waals surface area contributed by atoms with E-state index < -0.39 is 0 Å². The maximum atomic E-state index is 12.4. The average Bonchev–Trinajstić information content (AvgIpc) is 2.46. The van der Waals surface area contributed by atoms with Crippen LogP contribution in [0.5, 0.6) is 0 Å². The maximum Gasteiger partial charge on any atom is 0.272 e. The highest BCUT2D eigenvalue weighted by Gasteiger charge is 2.28. The van der Waals surface area contributed by atoms with Crippen LogP contribution in [0.3, 0.4) is 0 Å². The van der Waals surface area contributed by atoms with E-state index in [-0.39, 0.29) is 5.91 Å². The molecule has 4 heteroatoms. The highest BCUT2D eigenvalue weighted by molar-refractivity contribution is 5.92. The van der Waals surface area contributed by atoms with Crippen LogP contribution >= 0.6 is 0 Å². The molecule has 1 saturated carbocycles. The predicted molar refractivity (Wildman–Crippen MR) is 75.6 cm³/mol. The Morgan fingerprint density at radius 2 is 2.16 bits per heavy atom. The molecule has 0 aliphatic heterocycles. The number of carbonyl (C=O) groups excluding carboxylic acids is 1. The second-order valence-corrected chi connectivity index (χ2v) is 5.50. The van der Waals surface area contributed by atoms with Crippen molar-refractivity contribution in [2.75, 3.05) is 7.05 Å². The lowest BCUT2D eigenvalue weighted by Gasteiger charge is -2.36. The van der Waals surface area contributed by atoms with Crippen LogP contribution in [0.15, 0.2) is 18.3 Å². The van der Waals surface area contributed by atoms with Crippen molar-refractivity contribution in [2.24, 2.45) is 11.7 Å². The molecule has 2 atom stereocenters. The summed E-state index contributed by atoms with van der Waals surface area (Å²) in [4.78, 5) is 18.5. The lowest BCUT2D eigenvalue weighted by molar-refractivity contribution is 0.0623. The number of amides is 1. The summed E-state index contributed by atoms with van der Waals surface area (Å²) in [6, 6.07) is 3.99. The van der Waals surface area contributed by atoms with Gasteiger partial charge in [-0.05, 0) is 30.4 Å². The Bertz CT molecular complexity index is 430. The second-order valence-electron chi connectivity index (χ2n) is 5.50. The van der Waals surface area contributed by atoms with Gasteiger partial charge in [0, 0.05) is 25.8 Å². The Balaban J connectivity index is 2.08. The fourth-order valence-corrected chi connectivity index (χ4v) is 2.88. The van der Waals surface area contributed by atoms with E-state index in [1.165, 1.54) is 19.3 Å². The highest BCUT2D eigenvalue weighted by atomic mass is 16.2. The van der Waals surface area contributed by atoms with Crippen LogP contribution in [-0.2, 0) is 6.54 Å². The van der Waals surface area contributed by atoms with Crippen molar-refractivity contribution in [1.82, 2.24) is 9.88 Å². The van der Waals surface area contributed by atoms with Gasteiger partial charge in [-0.2, -0.15) is 0 Å². The minimum Gasteiger partial charge on any atom is -0.337 e. The van der Waals surface area contributed by atoms with Crippen molar-refractivity contribution in [3.05, 3.63) is 29.6 Å². The van der Waals surface area contributed by atoms with Crippen LogP contribution in [0.25, 0.3) is 0 Å². The Kier molecular flexibility index (Phi) is 4.53. The van der Waals surface area contributed by atoms with Crippen LogP contribution in [0, 0.1) is 5.92 Å². The minimum absolute atomic E-state index is 0.0160. The monoisotopic (exact) mass is 261 g/mol. The molecule has 1 heterocycles. The van der Waals surface area contributed by atoms with Gasteiger partial charge in [0.1, 0.15) is 5.69 Å². The van der Waals surface area contributed by atoms with Crippen molar-refractivity contribution in [1.29, 1.82) is 0 Å². The molecule has 0 saturated heterocycles. The van der Waals surface area contributed by atoms with Gasteiger partial charge in [-0.25, -0.2) is 0 Å². The molecule has 2 rings (SSSR count). The molecule has 0 bridgehead atoms. The van der Waals surface area contributed by atoms with Crippen molar-refractivity contribution in [3.8, 4) is 0 Å². The standard InChI is InChI=1S/C15H23N3O/c1-11-5-3-4-6-14(11)18(2)15(19)13-8-7-12(9-16)10-17-13/h7-8,10-11,14H,3-6,9,16H2,1-2H3.